The van der Waals surface area contributed by atoms with Gasteiger partial charge in [0.1, 0.15) is 11.5 Å². The number of carbonyl (C=O) groups excluding carboxylic acids is 1. The fourth-order valence-corrected chi connectivity index (χ4v) is 5.26. The van der Waals surface area contributed by atoms with Gasteiger partial charge >= 0.3 is 7.60 Å². The lowest BCUT2D eigenvalue weighted by Crippen LogP contribution is -2.32. The van der Waals surface area contributed by atoms with Crippen LogP contribution >= 0.6 is 7.60 Å². The van der Waals surface area contributed by atoms with Crippen molar-refractivity contribution in [3.8, 4) is 11.5 Å². The maximum absolute atomic E-state index is 13.8. The maximum atomic E-state index is 13.8. The van der Waals surface area contributed by atoms with Gasteiger partial charge in [-0.25, -0.2) is 4.57 Å². The first kappa shape index (κ1) is 24.0. The lowest BCUT2D eigenvalue weighted by Gasteiger charge is -2.25. The van der Waals surface area contributed by atoms with Gasteiger partial charge in [-0.2, -0.15) is 0 Å². The molecule has 0 aliphatic carbocycles. The number of carbonyl (C=O) groups is 1. The van der Waals surface area contributed by atoms with Gasteiger partial charge in [-0.05, 0) is 30.7 Å². The molecule has 2 rings (SSSR count). The van der Waals surface area contributed by atoms with Crippen LogP contribution < -0.4 is 14.8 Å². The number of benzene rings is 2. The first-order valence-electron chi connectivity index (χ1n) is 10.9. The lowest BCUT2D eigenvalue weighted by atomic mass is 10.1. The number of rotatable bonds is 15. The van der Waals surface area contributed by atoms with Crippen molar-refractivity contribution in [2.45, 2.75) is 70.4 Å². The Hall–Kier alpha value is -2.26. The number of nitrogens with two attached hydrogens (primary N) is 1. The third-order valence-electron chi connectivity index (χ3n) is 4.99. The minimum absolute atomic E-state index is 0.376. The molecular weight excluding hydrogens is 397 g/mol. The van der Waals surface area contributed by atoms with Crippen molar-refractivity contribution >= 4 is 13.5 Å². The van der Waals surface area contributed by atoms with Crippen LogP contribution in [0.1, 0.15) is 64.7 Å². The second-order valence-electron chi connectivity index (χ2n) is 7.53. The molecule has 2 N–H and O–H groups in total. The summed E-state index contributed by atoms with van der Waals surface area (Å²) >= 11 is 0. The fraction of sp³-hybridized carbons (Fsp3) is 0.458. The molecule has 1 amide bonds. The first-order chi connectivity index (χ1) is 14.5. The van der Waals surface area contributed by atoms with Crippen LogP contribution in [-0.4, -0.2) is 11.6 Å². The Balaban J connectivity index is 2.04. The van der Waals surface area contributed by atoms with Crippen molar-refractivity contribution < 1.29 is 18.4 Å². The highest BCUT2D eigenvalue weighted by Gasteiger charge is 2.43. The summed E-state index contributed by atoms with van der Waals surface area (Å²) in [4.78, 5) is 12.3. The zero-order valence-electron chi connectivity index (χ0n) is 17.9. The van der Waals surface area contributed by atoms with Crippen LogP contribution in [0.3, 0.4) is 0 Å². The van der Waals surface area contributed by atoms with Gasteiger partial charge < -0.3 is 14.8 Å². The Morgan fingerprint density at radius 1 is 0.800 bits per heavy atom. The van der Waals surface area contributed by atoms with E-state index in [0.29, 0.717) is 17.9 Å². The average Bonchev–Trinajstić information content (AvgIpc) is 2.73. The molecule has 0 saturated carbocycles. The topological polar surface area (TPSA) is 78.6 Å². The van der Waals surface area contributed by atoms with Crippen molar-refractivity contribution in [1.82, 2.24) is 0 Å². The number of primary amides is 1. The SMILES string of the molecule is CCCCCCCCCCC(C(N)=O)P(=O)(Oc1ccccc1)Oc1ccccc1. The van der Waals surface area contributed by atoms with E-state index in [0.717, 1.165) is 19.3 Å². The first-order valence-corrected chi connectivity index (χ1v) is 12.5. The molecule has 0 spiro atoms. The Morgan fingerprint density at radius 3 is 1.67 bits per heavy atom. The number of amides is 1. The molecule has 0 aliphatic rings. The summed E-state index contributed by atoms with van der Waals surface area (Å²) in [6.45, 7) is 2.21. The number of para-hydroxylation sites is 2. The van der Waals surface area contributed by atoms with Crippen molar-refractivity contribution in [2.75, 3.05) is 0 Å². The maximum Gasteiger partial charge on any atom is 0.443 e. The summed E-state index contributed by atoms with van der Waals surface area (Å²) in [7, 11) is -3.87. The monoisotopic (exact) mass is 431 g/mol. The highest BCUT2D eigenvalue weighted by molar-refractivity contribution is 7.56. The molecule has 2 aromatic carbocycles. The minimum atomic E-state index is -3.87. The second kappa shape index (κ2) is 13.1. The summed E-state index contributed by atoms with van der Waals surface area (Å²) in [6, 6.07) is 17.5. The molecule has 6 heteroatoms. The molecule has 0 fully saturated rings. The van der Waals surface area contributed by atoms with Crippen LogP contribution in [0.15, 0.2) is 60.7 Å². The van der Waals surface area contributed by atoms with E-state index in [1.807, 2.05) is 12.1 Å². The Kier molecular flexibility index (Phi) is 10.5. The summed E-state index contributed by atoms with van der Waals surface area (Å²) < 4.78 is 25.4. The van der Waals surface area contributed by atoms with E-state index in [1.54, 1.807) is 48.5 Å². The predicted molar refractivity (Wildman–Crippen MR) is 122 cm³/mol. The zero-order chi connectivity index (χ0) is 21.7. The average molecular weight is 432 g/mol. The van der Waals surface area contributed by atoms with Crippen LogP contribution in [0.2, 0.25) is 0 Å². The van der Waals surface area contributed by atoms with Gasteiger partial charge in [-0.3, -0.25) is 4.79 Å². The van der Waals surface area contributed by atoms with E-state index in [2.05, 4.69) is 6.92 Å². The van der Waals surface area contributed by atoms with Crippen LogP contribution in [0, 0.1) is 0 Å². The highest BCUT2D eigenvalue weighted by atomic mass is 31.2. The van der Waals surface area contributed by atoms with E-state index in [9.17, 15) is 9.36 Å². The minimum Gasteiger partial charge on any atom is -0.416 e. The van der Waals surface area contributed by atoms with Crippen molar-refractivity contribution in [2.24, 2.45) is 5.73 Å². The quantitative estimate of drug-likeness (QED) is 0.251. The van der Waals surface area contributed by atoms with Gasteiger partial charge in [0.15, 0.2) is 5.66 Å². The van der Waals surface area contributed by atoms with Gasteiger partial charge in [0, 0.05) is 0 Å². The van der Waals surface area contributed by atoms with Gasteiger partial charge in [0.2, 0.25) is 5.91 Å². The molecule has 5 nitrogen and oxygen atoms in total. The molecule has 2 aromatic rings. The third-order valence-corrected chi connectivity index (χ3v) is 7.20. The predicted octanol–water partition coefficient (Wildman–Crippen LogP) is 6.72. The Bertz CT molecular complexity index is 737. The van der Waals surface area contributed by atoms with Crippen molar-refractivity contribution in [3.05, 3.63) is 60.7 Å². The van der Waals surface area contributed by atoms with E-state index in [-0.39, 0.29) is 0 Å². The normalized spacial score (nSPS) is 12.3. The molecule has 1 atom stereocenters. The van der Waals surface area contributed by atoms with E-state index >= 15 is 0 Å². The van der Waals surface area contributed by atoms with Crippen LogP contribution in [0.25, 0.3) is 0 Å². The van der Waals surface area contributed by atoms with Gasteiger partial charge in [0.25, 0.3) is 0 Å². The third kappa shape index (κ3) is 8.23. The van der Waals surface area contributed by atoms with E-state index in [1.165, 1.54) is 32.1 Å². The van der Waals surface area contributed by atoms with Crippen molar-refractivity contribution in [1.29, 1.82) is 0 Å². The van der Waals surface area contributed by atoms with Crippen LogP contribution in [0.4, 0.5) is 0 Å². The van der Waals surface area contributed by atoms with Gasteiger partial charge in [0.05, 0.1) is 0 Å². The fourth-order valence-electron chi connectivity index (χ4n) is 3.33. The summed E-state index contributed by atoms with van der Waals surface area (Å²) in [5.74, 6) is 0.117. The largest absolute Gasteiger partial charge is 0.443 e. The molecule has 0 saturated heterocycles. The van der Waals surface area contributed by atoms with Crippen molar-refractivity contribution in [3.63, 3.8) is 0 Å². The Morgan fingerprint density at radius 2 is 1.23 bits per heavy atom. The van der Waals surface area contributed by atoms with Gasteiger partial charge in [-0.1, -0.05) is 94.7 Å². The second-order valence-corrected chi connectivity index (χ2v) is 9.60. The molecule has 0 heterocycles. The standard InChI is InChI=1S/C24H34NO4P/c1-2-3-4-5-6-7-8-15-20-23(24(25)26)30(27,28-21-16-11-9-12-17-21)29-22-18-13-10-14-19-22/h9-14,16-19,23H,2-8,15,20H2,1H3,(H2,25,26). The molecular formula is C24H34NO4P. The zero-order valence-corrected chi connectivity index (χ0v) is 18.8. The van der Waals surface area contributed by atoms with Crippen LogP contribution in [0.5, 0.6) is 11.5 Å². The van der Waals surface area contributed by atoms with E-state index in [4.69, 9.17) is 14.8 Å². The number of hydrogen-bond donors (Lipinski definition) is 1. The number of hydrogen-bond acceptors (Lipinski definition) is 4. The molecule has 1 unspecified atom stereocenters. The highest BCUT2D eigenvalue weighted by Crippen LogP contribution is 2.54. The lowest BCUT2D eigenvalue weighted by molar-refractivity contribution is -0.118. The summed E-state index contributed by atoms with van der Waals surface area (Å²) in [5, 5.41) is 0. The molecule has 0 aromatic heterocycles. The van der Waals surface area contributed by atoms with Crippen LogP contribution in [-0.2, 0) is 9.36 Å². The molecule has 0 radical (unpaired) electrons. The Labute approximate surface area is 180 Å². The number of unbranched alkanes of at least 4 members (excludes halogenated alkanes) is 7. The smallest absolute Gasteiger partial charge is 0.416 e. The molecule has 30 heavy (non-hydrogen) atoms. The summed E-state index contributed by atoms with van der Waals surface area (Å²) in [5.41, 5.74) is 4.65. The summed E-state index contributed by atoms with van der Waals surface area (Å²) in [6.07, 6.45) is 9.39. The molecule has 0 aliphatic heterocycles. The van der Waals surface area contributed by atoms with Gasteiger partial charge in [-0.15, -0.1) is 0 Å². The molecule has 164 valence electrons. The van der Waals surface area contributed by atoms with E-state index < -0.39 is 19.2 Å². The molecule has 0 bridgehead atoms.